The molecule has 2 rings (SSSR count). The minimum absolute atomic E-state index is 0.0121. The van der Waals surface area contributed by atoms with Gasteiger partial charge in [0.2, 0.25) is 8.80 Å². The molecule has 1 radical (unpaired) electrons. The van der Waals surface area contributed by atoms with Gasteiger partial charge in [0, 0.05) is 11.1 Å². The van der Waals surface area contributed by atoms with Gasteiger partial charge in [-0.25, -0.2) is 0 Å². The van der Waals surface area contributed by atoms with E-state index in [0.717, 1.165) is 0 Å². The van der Waals surface area contributed by atoms with Crippen molar-refractivity contribution >= 4 is 19.6 Å². The molecular formula is C18H19O2Si. The lowest BCUT2D eigenvalue weighted by Gasteiger charge is -2.26. The first-order valence-corrected chi connectivity index (χ1v) is 8.48. The van der Waals surface area contributed by atoms with E-state index in [0.29, 0.717) is 11.1 Å². The van der Waals surface area contributed by atoms with Gasteiger partial charge >= 0.3 is 0 Å². The molecule has 2 nitrogen and oxygen atoms in total. The molecule has 0 spiro atoms. The van der Waals surface area contributed by atoms with E-state index in [1.807, 2.05) is 57.2 Å². The Morgan fingerprint density at radius 2 is 1.05 bits per heavy atom. The molecule has 2 aromatic carbocycles. The minimum atomic E-state index is -1.90. The molecule has 0 saturated heterocycles. The average molecular weight is 295 g/mol. The van der Waals surface area contributed by atoms with Crippen LogP contribution in [0, 0.1) is 0 Å². The van der Waals surface area contributed by atoms with E-state index < -0.39 is 8.80 Å². The highest BCUT2D eigenvalue weighted by atomic mass is 28.3. The topological polar surface area (TPSA) is 34.1 Å². The normalized spacial score (nSPS) is 11.4. The van der Waals surface area contributed by atoms with Crippen molar-refractivity contribution in [2.24, 2.45) is 0 Å². The number of rotatable bonds is 4. The highest BCUT2D eigenvalue weighted by Crippen LogP contribution is 2.31. The van der Waals surface area contributed by atoms with Crippen LogP contribution in [0.5, 0.6) is 0 Å². The third-order valence-electron chi connectivity index (χ3n) is 3.28. The lowest BCUT2D eigenvalue weighted by molar-refractivity contribution is 0.102. The molecule has 0 aliphatic carbocycles. The third kappa shape index (κ3) is 3.55. The number of carbonyl (C=O) groups excluding carboxylic acids is 2. The maximum atomic E-state index is 12.8. The van der Waals surface area contributed by atoms with Gasteiger partial charge in [-0.3, -0.25) is 9.59 Å². The van der Waals surface area contributed by atoms with Crippen LogP contribution in [-0.4, -0.2) is 19.6 Å². The first-order chi connectivity index (χ1) is 9.91. The zero-order valence-electron chi connectivity index (χ0n) is 12.6. The predicted octanol–water partition coefficient (Wildman–Crippen LogP) is 4.13. The van der Waals surface area contributed by atoms with Gasteiger partial charge in [0.05, 0.1) is 0 Å². The quantitative estimate of drug-likeness (QED) is 0.795. The monoisotopic (exact) mass is 295 g/mol. The van der Waals surface area contributed by atoms with Crippen LogP contribution in [0.1, 0.15) is 41.5 Å². The van der Waals surface area contributed by atoms with E-state index in [2.05, 4.69) is 0 Å². The molecule has 0 unspecified atom stereocenters. The van der Waals surface area contributed by atoms with Crippen molar-refractivity contribution in [3.8, 4) is 0 Å². The molecular weight excluding hydrogens is 276 g/mol. The van der Waals surface area contributed by atoms with E-state index >= 15 is 0 Å². The largest absolute Gasteiger partial charge is 0.300 e. The van der Waals surface area contributed by atoms with Crippen molar-refractivity contribution in [3.63, 3.8) is 0 Å². The Morgan fingerprint density at radius 3 is 1.33 bits per heavy atom. The van der Waals surface area contributed by atoms with Crippen LogP contribution in [0.4, 0.5) is 0 Å². The number of benzene rings is 2. The molecule has 0 amide bonds. The van der Waals surface area contributed by atoms with Gasteiger partial charge < -0.3 is 0 Å². The van der Waals surface area contributed by atoms with Crippen molar-refractivity contribution in [1.82, 2.24) is 0 Å². The second-order valence-electron chi connectivity index (χ2n) is 6.02. The van der Waals surface area contributed by atoms with E-state index in [1.54, 1.807) is 24.3 Å². The van der Waals surface area contributed by atoms with Gasteiger partial charge in [-0.2, -0.15) is 0 Å². The summed E-state index contributed by atoms with van der Waals surface area (Å²) >= 11 is 0. The van der Waals surface area contributed by atoms with Crippen LogP contribution in [0.15, 0.2) is 60.7 Å². The Labute approximate surface area is 127 Å². The fraction of sp³-hybridized carbons (Fsp3) is 0.222. The van der Waals surface area contributed by atoms with Crippen molar-refractivity contribution in [1.29, 1.82) is 0 Å². The molecule has 0 fully saturated rings. The van der Waals surface area contributed by atoms with E-state index in [9.17, 15) is 9.59 Å². The molecule has 3 heteroatoms. The molecule has 0 N–H and O–H groups in total. The molecule has 0 saturated carbocycles. The van der Waals surface area contributed by atoms with Gasteiger partial charge in [0.15, 0.2) is 0 Å². The van der Waals surface area contributed by atoms with Crippen LogP contribution >= 0.6 is 0 Å². The van der Waals surface area contributed by atoms with Crippen LogP contribution in [0.25, 0.3) is 0 Å². The molecule has 21 heavy (non-hydrogen) atoms. The average Bonchev–Trinajstić information content (AvgIpc) is 2.47. The fourth-order valence-electron chi connectivity index (χ4n) is 2.25. The van der Waals surface area contributed by atoms with Gasteiger partial charge in [0.25, 0.3) is 0 Å². The SMILES string of the molecule is CC(C)(C)[Si](C(=O)c1ccccc1)C(=O)c1ccccc1. The van der Waals surface area contributed by atoms with Crippen molar-refractivity contribution < 1.29 is 9.59 Å². The first kappa shape index (κ1) is 15.4. The molecule has 0 aliphatic rings. The Morgan fingerprint density at radius 1 is 0.714 bits per heavy atom. The predicted molar refractivity (Wildman–Crippen MR) is 87.0 cm³/mol. The molecule has 0 atom stereocenters. The molecule has 2 aromatic rings. The first-order valence-electron chi connectivity index (χ1n) is 6.98. The summed E-state index contributed by atoms with van der Waals surface area (Å²) in [6.07, 6.45) is 0. The van der Waals surface area contributed by atoms with Gasteiger partial charge in [-0.15, -0.1) is 0 Å². The van der Waals surface area contributed by atoms with Crippen LogP contribution in [-0.2, 0) is 0 Å². The summed E-state index contributed by atoms with van der Waals surface area (Å²) in [5.74, 6) is 0. The summed E-state index contributed by atoms with van der Waals surface area (Å²) in [6.45, 7) is 5.93. The summed E-state index contributed by atoms with van der Waals surface area (Å²) in [7, 11) is -1.90. The van der Waals surface area contributed by atoms with E-state index in [-0.39, 0.29) is 15.9 Å². The number of hydrogen-bond donors (Lipinski definition) is 0. The second-order valence-corrected chi connectivity index (χ2v) is 9.17. The highest BCUT2D eigenvalue weighted by Gasteiger charge is 2.41. The van der Waals surface area contributed by atoms with Crippen molar-refractivity contribution in [3.05, 3.63) is 71.8 Å². The molecule has 0 aromatic heterocycles. The lowest BCUT2D eigenvalue weighted by Crippen LogP contribution is -2.43. The summed E-state index contributed by atoms with van der Waals surface area (Å²) < 4.78 is 0. The fourth-order valence-corrected chi connectivity index (χ4v) is 4.73. The standard InChI is InChI=1S/C18H19O2Si/c1-18(2,3)21(16(19)14-10-6-4-7-11-14)17(20)15-12-8-5-9-13-15/h4-13H,1-3H3. The molecule has 107 valence electrons. The van der Waals surface area contributed by atoms with Crippen molar-refractivity contribution in [2.45, 2.75) is 25.8 Å². The summed E-state index contributed by atoms with van der Waals surface area (Å²) in [6, 6.07) is 18.2. The maximum Gasteiger partial charge on any atom is 0.235 e. The van der Waals surface area contributed by atoms with Gasteiger partial charge in [-0.1, -0.05) is 81.4 Å². The Balaban J connectivity index is 2.41. The smallest absolute Gasteiger partial charge is 0.235 e. The lowest BCUT2D eigenvalue weighted by atomic mass is 10.2. The van der Waals surface area contributed by atoms with Crippen molar-refractivity contribution in [2.75, 3.05) is 0 Å². The zero-order chi connectivity index (χ0) is 15.5. The zero-order valence-corrected chi connectivity index (χ0v) is 13.6. The van der Waals surface area contributed by atoms with Crippen LogP contribution in [0.2, 0.25) is 5.04 Å². The highest BCUT2D eigenvalue weighted by molar-refractivity contribution is 7.15. The summed E-state index contributed by atoms with van der Waals surface area (Å²) in [4.78, 5) is 25.7. The Kier molecular flexibility index (Phi) is 4.53. The van der Waals surface area contributed by atoms with Gasteiger partial charge in [0.1, 0.15) is 10.8 Å². The third-order valence-corrected chi connectivity index (χ3v) is 6.26. The van der Waals surface area contributed by atoms with Gasteiger partial charge in [-0.05, 0) is 5.04 Å². The van der Waals surface area contributed by atoms with E-state index in [4.69, 9.17) is 0 Å². The molecule has 0 heterocycles. The minimum Gasteiger partial charge on any atom is -0.300 e. The van der Waals surface area contributed by atoms with Crippen LogP contribution in [0.3, 0.4) is 0 Å². The number of hydrogen-bond acceptors (Lipinski definition) is 2. The number of carbonyl (C=O) groups is 2. The Bertz CT molecular complexity index is 576. The molecule has 0 bridgehead atoms. The maximum absolute atomic E-state index is 12.8. The second kappa shape index (κ2) is 6.18. The molecule has 0 aliphatic heterocycles. The Hall–Kier alpha value is -2.00. The van der Waals surface area contributed by atoms with Crippen LogP contribution < -0.4 is 0 Å². The summed E-state index contributed by atoms with van der Waals surface area (Å²) in [5.41, 5.74) is 1.26. The van der Waals surface area contributed by atoms with E-state index in [1.165, 1.54) is 0 Å². The summed E-state index contributed by atoms with van der Waals surface area (Å²) in [5, 5.41) is -0.353.